The molecule has 0 unspecified atom stereocenters. The first-order valence-corrected chi connectivity index (χ1v) is 4.89. The summed E-state index contributed by atoms with van der Waals surface area (Å²) in [6, 6.07) is 1.77. The predicted molar refractivity (Wildman–Crippen MR) is 50.6 cm³/mol. The van der Waals surface area contributed by atoms with Gasteiger partial charge in [0.15, 0.2) is 0 Å². The quantitative estimate of drug-likeness (QED) is 0.741. The summed E-state index contributed by atoms with van der Waals surface area (Å²) in [6.45, 7) is 0.294. The molecule has 5 nitrogen and oxygen atoms in total. The lowest BCUT2D eigenvalue weighted by molar-refractivity contribution is 0.137. The Morgan fingerprint density at radius 1 is 1.44 bits per heavy atom. The number of aromatic nitrogens is 3. The topological polar surface area (TPSA) is 74.7 Å². The molecule has 0 atom stereocenters. The van der Waals surface area contributed by atoms with Crippen LogP contribution in [0.3, 0.4) is 0 Å². The van der Waals surface area contributed by atoms with Gasteiger partial charge in [-0.1, -0.05) is 5.21 Å². The van der Waals surface area contributed by atoms with Crippen molar-refractivity contribution in [3.63, 3.8) is 0 Å². The molecule has 0 fully saturated rings. The number of hydrogen-bond acceptors (Lipinski definition) is 4. The fourth-order valence-corrected chi connectivity index (χ4v) is 1.33. The summed E-state index contributed by atoms with van der Waals surface area (Å²) in [6.07, 6.45) is -1.78. The molecular formula is C9H12F2N4O. The van der Waals surface area contributed by atoms with Crippen LogP contribution in [-0.4, -0.2) is 26.7 Å². The highest BCUT2D eigenvalue weighted by Gasteiger charge is 2.20. The number of unbranched alkanes of at least 4 members (excludes halogenated alkanes) is 1. The molecule has 1 aromatic heterocycles. The van der Waals surface area contributed by atoms with Crippen LogP contribution in [0.25, 0.3) is 0 Å². The molecule has 0 bridgehead atoms. The summed E-state index contributed by atoms with van der Waals surface area (Å²) in [5.74, 6) is 0. The van der Waals surface area contributed by atoms with E-state index in [2.05, 4.69) is 10.3 Å². The summed E-state index contributed by atoms with van der Waals surface area (Å²) >= 11 is 0. The average Bonchev–Trinajstić information content (AvgIpc) is 2.62. The molecule has 16 heavy (non-hydrogen) atoms. The van der Waals surface area contributed by atoms with Crippen molar-refractivity contribution in [3.8, 4) is 6.07 Å². The third-order valence-electron chi connectivity index (χ3n) is 2.08. The largest absolute Gasteiger partial charge is 0.396 e. The van der Waals surface area contributed by atoms with Crippen molar-refractivity contribution in [2.24, 2.45) is 0 Å². The van der Waals surface area contributed by atoms with Crippen LogP contribution >= 0.6 is 0 Å². The van der Waals surface area contributed by atoms with Gasteiger partial charge in [-0.15, -0.1) is 5.10 Å². The lowest BCUT2D eigenvalue weighted by Crippen LogP contribution is -2.07. The smallest absolute Gasteiger partial charge is 0.281 e. The second-order valence-electron chi connectivity index (χ2n) is 3.21. The summed E-state index contributed by atoms with van der Waals surface area (Å²) < 4.78 is 26.5. The Hall–Kier alpha value is -1.55. The molecule has 0 aliphatic carbocycles. The van der Waals surface area contributed by atoms with E-state index in [1.165, 1.54) is 0 Å². The van der Waals surface area contributed by atoms with Crippen molar-refractivity contribution in [3.05, 3.63) is 11.4 Å². The van der Waals surface area contributed by atoms with Crippen molar-refractivity contribution in [1.29, 1.82) is 5.26 Å². The molecule has 0 spiro atoms. The number of alkyl halides is 2. The molecule has 0 radical (unpaired) electrons. The van der Waals surface area contributed by atoms with Gasteiger partial charge in [-0.2, -0.15) is 5.26 Å². The number of aliphatic hydroxyl groups excluding tert-OH is 1. The number of nitrogens with zero attached hydrogens (tertiary/aromatic N) is 4. The van der Waals surface area contributed by atoms with Gasteiger partial charge in [0.1, 0.15) is 11.4 Å². The van der Waals surface area contributed by atoms with E-state index in [9.17, 15) is 8.78 Å². The molecule has 1 heterocycles. The summed E-state index contributed by atoms with van der Waals surface area (Å²) in [7, 11) is 0. The second kappa shape index (κ2) is 6.12. The van der Waals surface area contributed by atoms with Gasteiger partial charge in [0, 0.05) is 13.2 Å². The maximum absolute atomic E-state index is 12.7. The van der Waals surface area contributed by atoms with Gasteiger partial charge in [0.05, 0.1) is 12.5 Å². The van der Waals surface area contributed by atoms with E-state index in [0.29, 0.717) is 12.8 Å². The van der Waals surface area contributed by atoms with Crippen molar-refractivity contribution in [2.45, 2.75) is 32.2 Å². The van der Waals surface area contributed by atoms with Crippen LogP contribution in [0, 0.1) is 11.3 Å². The van der Waals surface area contributed by atoms with E-state index in [1.807, 2.05) is 0 Å². The standard InChI is InChI=1S/C9H12F2N4O/c10-9(11)8-7(3-4-12)13-14-15(8)5-1-2-6-16/h9,16H,1-3,5-6H2. The molecule has 1 rings (SSSR count). The molecule has 88 valence electrons. The zero-order valence-electron chi connectivity index (χ0n) is 8.60. The maximum Gasteiger partial charge on any atom is 0.281 e. The van der Waals surface area contributed by atoms with Crippen LogP contribution in [0.2, 0.25) is 0 Å². The van der Waals surface area contributed by atoms with E-state index in [1.54, 1.807) is 6.07 Å². The van der Waals surface area contributed by atoms with Crippen molar-refractivity contribution in [1.82, 2.24) is 15.0 Å². The second-order valence-corrected chi connectivity index (χ2v) is 3.21. The number of rotatable bonds is 6. The van der Waals surface area contributed by atoms with Crippen LogP contribution in [0.15, 0.2) is 0 Å². The van der Waals surface area contributed by atoms with Crippen molar-refractivity contribution in [2.75, 3.05) is 6.61 Å². The summed E-state index contributed by atoms with van der Waals surface area (Å²) in [5, 5.41) is 24.2. The Morgan fingerprint density at radius 2 is 2.19 bits per heavy atom. The Morgan fingerprint density at radius 3 is 2.75 bits per heavy atom. The molecule has 0 aliphatic heterocycles. The van der Waals surface area contributed by atoms with E-state index < -0.39 is 6.43 Å². The zero-order valence-corrected chi connectivity index (χ0v) is 8.60. The van der Waals surface area contributed by atoms with Crippen LogP contribution in [0.5, 0.6) is 0 Å². The van der Waals surface area contributed by atoms with E-state index in [-0.39, 0.29) is 31.0 Å². The van der Waals surface area contributed by atoms with Gasteiger partial charge < -0.3 is 5.11 Å². The Kier molecular flexibility index (Phi) is 4.79. The summed E-state index contributed by atoms with van der Waals surface area (Å²) in [5.41, 5.74) is -0.263. The maximum atomic E-state index is 12.7. The third-order valence-corrected chi connectivity index (χ3v) is 2.08. The number of hydrogen-bond donors (Lipinski definition) is 1. The lowest BCUT2D eigenvalue weighted by Gasteiger charge is -2.05. The van der Waals surface area contributed by atoms with Crippen molar-refractivity contribution >= 4 is 0 Å². The fraction of sp³-hybridized carbons (Fsp3) is 0.667. The third kappa shape index (κ3) is 2.97. The Balaban J connectivity index is 2.79. The predicted octanol–water partition coefficient (Wildman–Crippen LogP) is 1.05. The fourth-order valence-electron chi connectivity index (χ4n) is 1.33. The number of aryl methyl sites for hydroxylation is 1. The van der Waals surface area contributed by atoms with Crippen LogP contribution in [0.1, 0.15) is 30.7 Å². The molecule has 0 aliphatic rings. The molecule has 0 saturated heterocycles. The molecule has 1 aromatic rings. The Labute approximate surface area is 91.3 Å². The van der Waals surface area contributed by atoms with E-state index in [4.69, 9.17) is 10.4 Å². The zero-order chi connectivity index (χ0) is 12.0. The first-order valence-electron chi connectivity index (χ1n) is 4.89. The molecule has 1 N–H and O–H groups in total. The SMILES string of the molecule is N#CCc1nnn(CCCCO)c1C(F)F. The molecule has 0 aromatic carbocycles. The minimum absolute atomic E-state index is 0.0176. The van der Waals surface area contributed by atoms with Gasteiger partial charge in [0.2, 0.25) is 0 Å². The van der Waals surface area contributed by atoms with Gasteiger partial charge >= 0.3 is 0 Å². The molecule has 0 amide bonds. The van der Waals surface area contributed by atoms with Gasteiger partial charge in [0.25, 0.3) is 6.43 Å². The lowest BCUT2D eigenvalue weighted by atomic mass is 10.2. The number of halogens is 2. The van der Waals surface area contributed by atoms with Crippen LogP contribution in [0.4, 0.5) is 8.78 Å². The van der Waals surface area contributed by atoms with Gasteiger partial charge in [-0.3, -0.25) is 0 Å². The minimum atomic E-state index is -2.69. The number of aliphatic hydroxyl groups is 1. The monoisotopic (exact) mass is 230 g/mol. The van der Waals surface area contributed by atoms with Crippen molar-refractivity contribution < 1.29 is 13.9 Å². The molecule has 7 heteroatoms. The van der Waals surface area contributed by atoms with Gasteiger partial charge in [-0.05, 0) is 12.8 Å². The van der Waals surface area contributed by atoms with Crippen LogP contribution < -0.4 is 0 Å². The normalized spacial score (nSPS) is 10.7. The molecule has 0 saturated carbocycles. The minimum Gasteiger partial charge on any atom is -0.396 e. The average molecular weight is 230 g/mol. The summed E-state index contributed by atoms with van der Waals surface area (Å²) in [4.78, 5) is 0. The Bertz CT molecular complexity index is 372. The molecular weight excluding hydrogens is 218 g/mol. The van der Waals surface area contributed by atoms with Crippen LogP contribution in [-0.2, 0) is 13.0 Å². The first kappa shape index (κ1) is 12.5. The van der Waals surface area contributed by atoms with E-state index in [0.717, 1.165) is 4.68 Å². The number of nitriles is 1. The van der Waals surface area contributed by atoms with E-state index >= 15 is 0 Å². The van der Waals surface area contributed by atoms with Gasteiger partial charge in [-0.25, -0.2) is 13.5 Å². The highest BCUT2D eigenvalue weighted by molar-refractivity contribution is 5.15. The highest BCUT2D eigenvalue weighted by Crippen LogP contribution is 2.21. The first-order chi connectivity index (χ1) is 7.70. The highest BCUT2D eigenvalue weighted by atomic mass is 19.3.